The number of hydrogen-bond acceptors (Lipinski definition) is 3. The van der Waals surface area contributed by atoms with Crippen molar-refractivity contribution < 1.29 is 14.6 Å². The van der Waals surface area contributed by atoms with E-state index in [0.29, 0.717) is 6.61 Å². The molecule has 0 aliphatic rings. The van der Waals surface area contributed by atoms with Crippen molar-refractivity contribution in [3.05, 3.63) is 6.92 Å². The Labute approximate surface area is 55.6 Å². The molecule has 0 rings (SSSR count). The molecule has 0 bridgehead atoms. The van der Waals surface area contributed by atoms with Gasteiger partial charge in [-0.05, 0) is 6.42 Å². The van der Waals surface area contributed by atoms with Gasteiger partial charge in [0.05, 0.1) is 6.61 Å². The maximum atomic E-state index is 8.72. The van der Waals surface area contributed by atoms with Crippen molar-refractivity contribution in [2.24, 2.45) is 0 Å². The SMILES string of the molecule is [CH2]CCOCC(O)OC. The third-order valence-electron chi connectivity index (χ3n) is 0.821. The summed E-state index contributed by atoms with van der Waals surface area (Å²) in [5.74, 6) is 0. The van der Waals surface area contributed by atoms with Crippen molar-refractivity contribution in [3.63, 3.8) is 0 Å². The Hall–Kier alpha value is -0.120. The third kappa shape index (κ3) is 5.76. The van der Waals surface area contributed by atoms with Crippen LogP contribution in [-0.4, -0.2) is 31.7 Å². The molecule has 55 valence electrons. The standard InChI is InChI=1S/C6H13O3/c1-3-4-9-5-6(7)8-2/h6-7H,1,3-5H2,2H3. The quantitative estimate of drug-likeness (QED) is 0.430. The molecule has 0 saturated carbocycles. The van der Waals surface area contributed by atoms with Crippen molar-refractivity contribution in [3.8, 4) is 0 Å². The maximum absolute atomic E-state index is 8.72. The zero-order valence-corrected chi connectivity index (χ0v) is 5.67. The lowest BCUT2D eigenvalue weighted by Crippen LogP contribution is -2.17. The molecule has 0 aromatic heterocycles. The van der Waals surface area contributed by atoms with Gasteiger partial charge in [0.2, 0.25) is 0 Å². The summed E-state index contributed by atoms with van der Waals surface area (Å²) in [5, 5.41) is 8.72. The molecule has 3 heteroatoms. The zero-order valence-electron chi connectivity index (χ0n) is 5.67. The van der Waals surface area contributed by atoms with Gasteiger partial charge in [-0.3, -0.25) is 0 Å². The molecule has 0 heterocycles. The molecule has 0 fully saturated rings. The molecule has 1 radical (unpaired) electrons. The van der Waals surface area contributed by atoms with Crippen LogP contribution in [0.3, 0.4) is 0 Å². The van der Waals surface area contributed by atoms with Crippen LogP contribution >= 0.6 is 0 Å². The van der Waals surface area contributed by atoms with Gasteiger partial charge in [0.15, 0.2) is 6.29 Å². The molecular weight excluding hydrogens is 120 g/mol. The number of ether oxygens (including phenoxy) is 2. The lowest BCUT2D eigenvalue weighted by molar-refractivity contribution is -0.118. The highest BCUT2D eigenvalue weighted by atomic mass is 16.6. The van der Waals surface area contributed by atoms with Gasteiger partial charge in [-0.25, -0.2) is 0 Å². The fourth-order valence-corrected chi connectivity index (χ4v) is 0.354. The Bertz CT molecular complexity index is 56.3. The summed E-state index contributed by atoms with van der Waals surface area (Å²) >= 11 is 0. The molecule has 9 heavy (non-hydrogen) atoms. The second kappa shape index (κ2) is 6.01. The van der Waals surface area contributed by atoms with Crippen LogP contribution in [0.1, 0.15) is 6.42 Å². The van der Waals surface area contributed by atoms with Crippen molar-refractivity contribution in [1.29, 1.82) is 0 Å². The van der Waals surface area contributed by atoms with E-state index < -0.39 is 6.29 Å². The first kappa shape index (κ1) is 8.88. The molecule has 1 atom stereocenters. The van der Waals surface area contributed by atoms with Gasteiger partial charge in [-0.2, -0.15) is 0 Å². The van der Waals surface area contributed by atoms with E-state index in [1.165, 1.54) is 7.11 Å². The number of methoxy groups -OCH3 is 1. The number of aliphatic hydroxyl groups excluding tert-OH is 1. The highest BCUT2D eigenvalue weighted by Crippen LogP contribution is 1.86. The predicted molar refractivity (Wildman–Crippen MR) is 33.8 cm³/mol. The summed E-state index contributed by atoms with van der Waals surface area (Å²) in [5.41, 5.74) is 0. The summed E-state index contributed by atoms with van der Waals surface area (Å²) in [6, 6.07) is 0. The summed E-state index contributed by atoms with van der Waals surface area (Å²) in [4.78, 5) is 0. The first-order valence-corrected chi connectivity index (χ1v) is 2.89. The molecular formula is C6H13O3. The van der Waals surface area contributed by atoms with Crippen LogP contribution in [0.5, 0.6) is 0 Å². The first-order valence-electron chi connectivity index (χ1n) is 2.89. The minimum absolute atomic E-state index is 0.228. The minimum Gasteiger partial charge on any atom is -0.376 e. The molecule has 0 aliphatic carbocycles. The maximum Gasteiger partial charge on any atom is 0.177 e. The first-order chi connectivity index (χ1) is 4.31. The van der Waals surface area contributed by atoms with E-state index in [1.807, 2.05) is 0 Å². The highest BCUT2D eigenvalue weighted by Gasteiger charge is 1.98. The van der Waals surface area contributed by atoms with Crippen LogP contribution in [0.2, 0.25) is 0 Å². The van der Waals surface area contributed by atoms with E-state index in [0.717, 1.165) is 6.42 Å². The highest BCUT2D eigenvalue weighted by molar-refractivity contribution is 4.38. The van der Waals surface area contributed by atoms with E-state index in [9.17, 15) is 0 Å². The predicted octanol–water partition coefficient (Wildman–Crippen LogP) is 0.192. The van der Waals surface area contributed by atoms with Gasteiger partial charge in [0.1, 0.15) is 0 Å². The topological polar surface area (TPSA) is 38.7 Å². The van der Waals surface area contributed by atoms with Crippen molar-refractivity contribution in [2.75, 3.05) is 20.3 Å². The van der Waals surface area contributed by atoms with E-state index in [1.54, 1.807) is 0 Å². The van der Waals surface area contributed by atoms with Gasteiger partial charge >= 0.3 is 0 Å². The molecule has 0 aromatic rings. The fraction of sp³-hybridized carbons (Fsp3) is 0.833. The second-order valence-electron chi connectivity index (χ2n) is 1.62. The fourth-order valence-electron chi connectivity index (χ4n) is 0.354. The van der Waals surface area contributed by atoms with E-state index in [-0.39, 0.29) is 6.61 Å². The minimum atomic E-state index is -0.795. The average molecular weight is 133 g/mol. The van der Waals surface area contributed by atoms with Gasteiger partial charge in [0.25, 0.3) is 0 Å². The normalized spacial score (nSPS) is 13.7. The molecule has 0 saturated heterocycles. The number of hydrogen-bond donors (Lipinski definition) is 1. The summed E-state index contributed by atoms with van der Waals surface area (Å²) in [7, 11) is 1.43. The Kier molecular flexibility index (Phi) is 5.93. The third-order valence-corrected chi connectivity index (χ3v) is 0.821. The van der Waals surface area contributed by atoms with Crippen molar-refractivity contribution in [2.45, 2.75) is 12.7 Å². The van der Waals surface area contributed by atoms with Crippen molar-refractivity contribution >= 4 is 0 Å². The van der Waals surface area contributed by atoms with Gasteiger partial charge in [-0.1, -0.05) is 6.92 Å². The smallest absolute Gasteiger partial charge is 0.177 e. The van der Waals surface area contributed by atoms with Crippen molar-refractivity contribution in [1.82, 2.24) is 0 Å². The van der Waals surface area contributed by atoms with E-state index >= 15 is 0 Å². The molecule has 1 unspecified atom stereocenters. The van der Waals surface area contributed by atoms with Crippen LogP contribution in [0.15, 0.2) is 0 Å². The van der Waals surface area contributed by atoms with Crippen LogP contribution < -0.4 is 0 Å². The Morgan fingerprint density at radius 2 is 2.33 bits per heavy atom. The Balaban J connectivity index is 2.88. The molecule has 0 aliphatic heterocycles. The lowest BCUT2D eigenvalue weighted by Gasteiger charge is -2.07. The molecule has 0 amide bonds. The van der Waals surface area contributed by atoms with Gasteiger partial charge in [0, 0.05) is 13.7 Å². The average Bonchev–Trinajstić information content (AvgIpc) is 1.89. The molecule has 1 N–H and O–H groups in total. The van der Waals surface area contributed by atoms with Gasteiger partial charge < -0.3 is 14.6 Å². The Morgan fingerprint density at radius 3 is 2.78 bits per heavy atom. The molecule has 3 nitrogen and oxygen atoms in total. The number of aliphatic hydroxyl groups is 1. The molecule has 0 spiro atoms. The lowest BCUT2D eigenvalue weighted by atomic mass is 10.5. The van der Waals surface area contributed by atoms with Crippen LogP contribution in [0, 0.1) is 6.92 Å². The second-order valence-corrected chi connectivity index (χ2v) is 1.62. The van der Waals surface area contributed by atoms with Gasteiger partial charge in [-0.15, -0.1) is 0 Å². The van der Waals surface area contributed by atoms with Crippen LogP contribution in [-0.2, 0) is 9.47 Å². The zero-order chi connectivity index (χ0) is 7.11. The summed E-state index contributed by atoms with van der Waals surface area (Å²) < 4.78 is 9.40. The molecule has 0 aromatic carbocycles. The van der Waals surface area contributed by atoms with Crippen LogP contribution in [0.25, 0.3) is 0 Å². The van der Waals surface area contributed by atoms with Crippen LogP contribution in [0.4, 0.5) is 0 Å². The Morgan fingerprint density at radius 1 is 1.67 bits per heavy atom. The van der Waals surface area contributed by atoms with E-state index in [4.69, 9.17) is 9.84 Å². The van der Waals surface area contributed by atoms with E-state index in [2.05, 4.69) is 11.7 Å². The largest absolute Gasteiger partial charge is 0.376 e. The summed E-state index contributed by atoms with van der Waals surface area (Å²) in [6.45, 7) is 4.36. The number of rotatable bonds is 5. The monoisotopic (exact) mass is 133 g/mol. The summed E-state index contributed by atoms with van der Waals surface area (Å²) in [6.07, 6.45) is -0.0762.